The lowest BCUT2D eigenvalue weighted by Crippen LogP contribution is -2.35. The Hall–Kier alpha value is -3.65. The van der Waals surface area contributed by atoms with Crippen molar-refractivity contribution >= 4 is 32.7 Å². The van der Waals surface area contributed by atoms with Gasteiger partial charge in [-0.2, -0.15) is 0 Å². The van der Waals surface area contributed by atoms with Gasteiger partial charge in [-0.3, -0.25) is 9.10 Å². The molecule has 1 aliphatic rings. The van der Waals surface area contributed by atoms with Gasteiger partial charge < -0.3 is 9.88 Å². The van der Waals surface area contributed by atoms with E-state index in [1.165, 1.54) is 10.4 Å². The van der Waals surface area contributed by atoms with E-state index >= 15 is 0 Å². The number of carbonyl (C=O) groups is 1. The fourth-order valence-electron chi connectivity index (χ4n) is 4.69. The van der Waals surface area contributed by atoms with Crippen molar-refractivity contribution in [2.45, 2.75) is 37.6 Å². The van der Waals surface area contributed by atoms with Crippen LogP contribution in [0.2, 0.25) is 0 Å². The summed E-state index contributed by atoms with van der Waals surface area (Å²) in [4.78, 5) is 17.5. The van der Waals surface area contributed by atoms with Gasteiger partial charge >= 0.3 is 0 Å². The smallest absolute Gasteiger partial charge is 0.264 e. The molecule has 2 heterocycles. The van der Waals surface area contributed by atoms with Gasteiger partial charge in [-0.1, -0.05) is 36.4 Å². The summed E-state index contributed by atoms with van der Waals surface area (Å²) in [5.41, 5.74) is 4.12. The van der Waals surface area contributed by atoms with E-state index in [2.05, 4.69) is 14.9 Å². The molecule has 7 nitrogen and oxygen atoms in total. The van der Waals surface area contributed by atoms with E-state index in [1.807, 2.05) is 55.5 Å². The number of carbonyl (C=O) groups excluding carboxylic acids is 1. The van der Waals surface area contributed by atoms with Crippen LogP contribution in [0.4, 0.5) is 5.69 Å². The van der Waals surface area contributed by atoms with Crippen LogP contribution in [0.5, 0.6) is 0 Å². The molecule has 0 unspecified atom stereocenters. The Morgan fingerprint density at radius 2 is 1.83 bits per heavy atom. The topological polar surface area (TPSA) is 84.3 Å². The van der Waals surface area contributed by atoms with Crippen molar-refractivity contribution in [1.82, 2.24) is 14.9 Å². The number of benzene rings is 3. The maximum atomic E-state index is 13.4. The van der Waals surface area contributed by atoms with Gasteiger partial charge in [-0.15, -0.1) is 0 Å². The van der Waals surface area contributed by atoms with E-state index < -0.39 is 10.0 Å². The molecule has 1 aliphatic heterocycles. The summed E-state index contributed by atoms with van der Waals surface area (Å²) in [6.07, 6.45) is 2.36. The lowest BCUT2D eigenvalue weighted by atomic mass is 10.0. The number of rotatable bonds is 7. The highest BCUT2D eigenvalue weighted by molar-refractivity contribution is 7.92. The number of nitrogens with zero attached hydrogens (tertiary/aromatic N) is 3. The maximum Gasteiger partial charge on any atom is 0.264 e. The summed E-state index contributed by atoms with van der Waals surface area (Å²) < 4.78 is 30.5. The van der Waals surface area contributed by atoms with Gasteiger partial charge in [0, 0.05) is 25.2 Å². The second-order valence-electron chi connectivity index (χ2n) is 8.75. The fourth-order valence-corrected chi connectivity index (χ4v) is 6.28. The molecule has 35 heavy (non-hydrogen) atoms. The van der Waals surface area contributed by atoms with Crippen molar-refractivity contribution in [3.8, 4) is 0 Å². The average molecular weight is 489 g/mol. The quantitative estimate of drug-likeness (QED) is 0.393. The van der Waals surface area contributed by atoms with Crippen LogP contribution in [0.1, 0.15) is 34.6 Å². The van der Waals surface area contributed by atoms with Crippen molar-refractivity contribution < 1.29 is 13.2 Å². The Kier molecular flexibility index (Phi) is 6.30. The molecule has 0 aliphatic carbocycles. The molecule has 8 heteroatoms. The van der Waals surface area contributed by atoms with Crippen LogP contribution in [-0.4, -0.2) is 37.0 Å². The molecule has 1 aromatic heterocycles. The summed E-state index contributed by atoms with van der Waals surface area (Å²) in [6.45, 7) is 3.61. The summed E-state index contributed by atoms with van der Waals surface area (Å²) in [5.74, 6) is 0.656. The monoisotopic (exact) mass is 488 g/mol. The molecule has 3 aromatic carbocycles. The van der Waals surface area contributed by atoms with Crippen LogP contribution in [0.15, 0.2) is 77.7 Å². The number of hydrogen-bond acceptors (Lipinski definition) is 4. The Labute approximate surface area is 205 Å². The minimum atomic E-state index is -3.77. The highest BCUT2D eigenvalue weighted by Gasteiger charge is 2.29. The van der Waals surface area contributed by atoms with E-state index in [1.54, 1.807) is 18.2 Å². The Morgan fingerprint density at radius 1 is 1.03 bits per heavy atom. The first-order valence-electron chi connectivity index (χ1n) is 11.9. The number of aromatic nitrogens is 2. The number of hydrogen-bond donors (Lipinski definition) is 1. The molecule has 0 radical (unpaired) electrons. The normalized spacial score (nSPS) is 13.6. The SMILES string of the molecule is Cc1nc2ccccc2n1CCCNC(=O)c1cccc(S(=O)(=O)N2CCCc3ccccc32)c1. The molecule has 4 aromatic rings. The Morgan fingerprint density at radius 3 is 2.71 bits per heavy atom. The number of nitrogens with one attached hydrogen (secondary N) is 1. The first-order valence-corrected chi connectivity index (χ1v) is 13.3. The third-order valence-corrected chi connectivity index (χ3v) is 8.25. The molecule has 1 amide bonds. The number of amides is 1. The fraction of sp³-hybridized carbons (Fsp3) is 0.259. The average Bonchev–Trinajstić information content (AvgIpc) is 3.21. The zero-order valence-electron chi connectivity index (χ0n) is 19.6. The first-order chi connectivity index (χ1) is 16.9. The zero-order valence-corrected chi connectivity index (χ0v) is 20.5. The summed E-state index contributed by atoms with van der Waals surface area (Å²) in [6, 6.07) is 21.9. The third-order valence-electron chi connectivity index (χ3n) is 6.44. The molecule has 180 valence electrons. The van der Waals surface area contributed by atoms with Gasteiger partial charge in [0.05, 0.1) is 21.6 Å². The van der Waals surface area contributed by atoms with Gasteiger partial charge in [-0.05, 0) is 68.1 Å². The van der Waals surface area contributed by atoms with Gasteiger partial charge in [0.1, 0.15) is 5.82 Å². The van der Waals surface area contributed by atoms with Crippen LogP contribution in [0.3, 0.4) is 0 Å². The van der Waals surface area contributed by atoms with Crippen LogP contribution in [0, 0.1) is 6.92 Å². The van der Waals surface area contributed by atoms with Crippen LogP contribution in [0.25, 0.3) is 11.0 Å². The molecule has 0 fully saturated rings. The number of aryl methyl sites for hydroxylation is 3. The van der Waals surface area contributed by atoms with Gasteiger partial charge in [-0.25, -0.2) is 13.4 Å². The number of sulfonamides is 1. The van der Waals surface area contributed by atoms with Crippen molar-refractivity contribution in [1.29, 1.82) is 0 Å². The van der Waals surface area contributed by atoms with E-state index in [0.717, 1.165) is 53.9 Å². The first kappa shape index (κ1) is 23.1. The summed E-state index contributed by atoms with van der Waals surface area (Å²) in [7, 11) is -3.77. The number of para-hydroxylation sites is 3. The van der Waals surface area contributed by atoms with Crippen molar-refractivity contribution in [2.75, 3.05) is 17.4 Å². The zero-order chi connectivity index (χ0) is 24.4. The lowest BCUT2D eigenvalue weighted by molar-refractivity contribution is 0.0952. The minimum absolute atomic E-state index is 0.127. The predicted octanol–water partition coefficient (Wildman–Crippen LogP) is 4.31. The molecule has 0 saturated heterocycles. The van der Waals surface area contributed by atoms with E-state index in [4.69, 9.17) is 0 Å². The largest absolute Gasteiger partial charge is 0.352 e. The number of anilines is 1. The maximum absolute atomic E-state index is 13.4. The van der Waals surface area contributed by atoms with Crippen LogP contribution >= 0.6 is 0 Å². The standard InChI is InChI=1S/C27H28N4O3S/c1-20-29-24-13-3-5-15-26(24)30(20)17-8-16-28-27(32)22-10-6-12-23(19-22)35(33,34)31-18-7-11-21-9-2-4-14-25(21)31/h2-6,9-10,12-15,19H,7-8,11,16-18H2,1H3,(H,28,32). The minimum Gasteiger partial charge on any atom is -0.352 e. The highest BCUT2D eigenvalue weighted by atomic mass is 32.2. The number of imidazole rings is 1. The molecule has 0 saturated carbocycles. The van der Waals surface area contributed by atoms with Crippen molar-refractivity contribution in [3.05, 3.63) is 89.7 Å². The second-order valence-corrected chi connectivity index (χ2v) is 10.6. The van der Waals surface area contributed by atoms with Crippen LogP contribution in [-0.2, 0) is 23.0 Å². The highest BCUT2D eigenvalue weighted by Crippen LogP contribution is 2.32. The van der Waals surface area contributed by atoms with Crippen molar-refractivity contribution in [2.24, 2.45) is 0 Å². The third kappa shape index (κ3) is 4.53. The van der Waals surface area contributed by atoms with Gasteiger partial charge in [0.15, 0.2) is 0 Å². The molecule has 0 bridgehead atoms. The molecule has 0 atom stereocenters. The molecule has 1 N–H and O–H groups in total. The van der Waals surface area contributed by atoms with E-state index in [0.29, 0.717) is 18.7 Å². The molecule has 0 spiro atoms. The Balaban J connectivity index is 1.26. The predicted molar refractivity (Wildman–Crippen MR) is 137 cm³/mol. The van der Waals surface area contributed by atoms with Crippen molar-refractivity contribution in [3.63, 3.8) is 0 Å². The lowest BCUT2D eigenvalue weighted by Gasteiger charge is -2.30. The summed E-state index contributed by atoms with van der Waals surface area (Å²) in [5, 5.41) is 2.92. The molecular formula is C27H28N4O3S. The van der Waals surface area contributed by atoms with Gasteiger partial charge in [0.25, 0.3) is 15.9 Å². The van der Waals surface area contributed by atoms with E-state index in [9.17, 15) is 13.2 Å². The Bertz CT molecular complexity index is 1490. The van der Waals surface area contributed by atoms with E-state index in [-0.39, 0.29) is 10.8 Å². The number of fused-ring (bicyclic) bond motifs is 2. The summed E-state index contributed by atoms with van der Waals surface area (Å²) >= 11 is 0. The van der Waals surface area contributed by atoms with Crippen LogP contribution < -0.4 is 9.62 Å². The second kappa shape index (κ2) is 9.54. The molecule has 5 rings (SSSR count). The molecular weight excluding hydrogens is 460 g/mol. The van der Waals surface area contributed by atoms with Gasteiger partial charge in [0.2, 0.25) is 0 Å².